The molecule has 1 heterocycles. The summed E-state index contributed by atoms with van der Waals surface area (Å²) in [5.74, 6) is -0.527. The summed E-state index contributed by atoms with van der Waals surface area (Å²) >= 11 is 0. The zero-order chi connectivity index (χ0) is 11.5. The monoisotopic (exact) mass is 221 g/mol. The van der Waals surface area contributed by atoms with Gasteiger partial charge in [-0.3, -0.25) is 4.79 Å². The molecular weight excluding hydrogens is 206 g/mol. The Labute approximate surface area is 94.0 Å². The van der Waals surface area contributed by atoms with Crippen LogP contribution in [-0.2, 0) is 11.2 Å². The highest BCUT2D eigenvalue weighted by Gasteiger charge is 2.31. The molecule has 1 aromatic rings. The summed E-state index contributed by atoms with van der Waals surface area (Å²) in [6.07, 6.45) is 0.727. The van der Waals surface area contributed by atoms with Crippen LogP contribution in [-0.4, -0.2) is 24.2 Å². The summed E-state index contributed by atoms with van der Waals surface area (Å²) in [7, 11) is 0. The minimum absolute atomic E-state index is 0.0302. The molecule has 2 unspecified atom stereocenters. The smallest absolute Gasteiger partial charge is 0.308 e. The van der Waals surface area contributed by atoms with Gasteiger partial charge in [-0.1, -0.05) is 18.2 Å². The molecule has 2 rings (SSSR count). The number of aliphatic carboxylic acids is 1. The van der Waals surface area contributed by atoms with E-state index >= 15 is 0 Å². The topological polar surface area (TPSA) is 72.6 Å². The van der Waals surface area contributed by atoms with Crippen LogP contribution >= 0.6 is 0 Å². The zero-order valence-corrected chi connectivity index (χ0v) is 8.93. The summed E-state index contributed by atoms with van der Waals surface area (Å²) in [6, 6.07) is 7.72. The minimum Gasteiger partial charge on any atom is -0.493 e. The van der Waals surface area contributed by atoms with E-state index in [4.69, 9.17) is 15.6 Å². The average molecular weight is 221 g/mol. The van der Waals surface area contributed by atoms with E-state index in [0.717, 1.165) is 17.7 Å². The van der Waals surface area contributed by atoms with E-state index in [1.54, 1.807) is 0 Å². The molecule has 3 N–H and O–H groups in total. The van der Waals surface area contributed by atoms with Crippen molar-refractivity contribution in [3.8, 4) is 5.75 Å². The fourth-order valence-corrected chi connectivity index (χ4v) is 2.10. The number of carbonyl (C=O) groups is 1. The van der Waals surface area contributed by atoms with Crippen molar-refractivity contribution >= 4 is 5.97 Å². The number of nitrogens with two attached hydrogens (primary N) is 1. The molecule has 86 valence electrons. The normalized spacial score (nSPS) is 20.7. The predicted octanol–water partition coefficient (Wildman–Crippen LogP) is 0.897. The molecule has 0 radical (unpaired) electrons. The molecule has 0 amide bonds. The van der Waals surface area contributed by atoms with Gasteiger partial charge in [-0.25, -0.2) is 0 Å². The van der Waals surface area contributed by atoms with Crippen molar-refractivity contribution in [3.05, 3.63) is 29.8 Å². The van der Waals surface area contributed by atoms with Crippen molar-refractivity contribution in [2.24, 2.45) is 17.6 Å². The lowest BCUT2D eigenvalue weighted by Crippen LogP contribution is -2.37. The van der Waals surface area contributed by atoms with Crippen molar-refractivity contribution < 1.29 is 14.6 Å². The first kappa shape index (κ1) is 11.0. The van der Waals surface area contributed by atoms with Gasteiger partial charge in [0.1, 0.15) is 5.75 Å². The number of fused-ring (bicyclic) bond motifs is 1. The summed E-state index contributed by atoms with van der Waals surface area (Å²) in [6.45, 7) is 0.594. The Balaban J connectivity index is 2.15. The largest absolute Gasteiger partial charge is 0.493 e. The molecule has 2 atom stereocenters. The third-order valence-electron chi connectivity index (χ3n) is 3.05. The van der Waals surface area contributed by atoms with Crippen LogP contribution in [0.2, 0.25) is 0 Å². The number of rotatable bonds is 3. The molecule has 1 aromatic carbocycles. The molecule has 1 aliphatic heterocycles. The zero-order valence-electron chi connectivity index (χ0n) is 8.93. The van der Waals surface area contributed by atoms with Gasteiger partial charge in [0.25, 0.3) is 0 Å². The van der Waals surface area contributed by atoms with Crippen molar-refractivity contribution in [3.63, 3.8) is 0 Å². The van der Waals surface area contributed by atoms with E-state index < -0.39 is 11.9 Å². The highest BCUT2D eigenvalue weighted by Crippen LogP contribution is 2.30. The van der Waals surface area contributed by atoms with Gasteiger partial charge in [-0.15, -0.1) is 0 Å². The number of hydrogen-bond acceptors (Lipinski definition) is 3. The van der Waals surface area contributed by atoms with Crippen molar-refractivity contribution in [1.29, 1.82) is 0 Å². The third-order valence-corrected chi connectivity index (χ3v) is 3.05. The van der Waals surface area contributed by atoms with Crippen LogP contribution in [0, 0.1) is 11.8 Å². The summed E-state index contributed by atoms with van der Waals surface area (Å²) in [5.41, 5.74) is 6.56. The summed E-state index contributed by atoms with van der Waals surface area (Å²) in [5, 5.41) is 9.04. The van der Waals surface area contributed by atoms with Crippen LogP contribution in [0.15, 0.2) is 24.3 Å². The van der Waals surface area contributed by atoms with Crippen molar-refractivity contribution in [2.75, 3.05) is 13.2 Å². The van der Waals surface area contributed by atoms with Gasteiger partial charge in [0.15, 0.2) is 0 Å². The Morgan fingerprint density at radius 1 is 1.56 bits per heavy atom. The quantitative estimate of drug-likeness (QED) is 0.795. The first-order valence-corrected chi connectivity index (χ1v) is 5.36. The Hall–Kier alpha value is -1.55. The molecule has 0 bridgehead atoms. The summed E-state index contributed by atoms with van der Waals surface area (Å²) in [4.78, 5) is 11.0. The molecule has 0 saturated heterocycles. The van der Waals surface area contributed by atoms with Gasteiger partial charge in [-0.05, 0) is 18.1 Å². The van der Waals surface area contributed by atoms with E-state index in [1.807, 2.05) is 24.3 Å². The number of hydrogen-bond donors (Lipinski definition) is 2. The Bertz CT molecular complexity index is 392. The van der Waals surface area contributed by atoms with E-state index in [9.17, 15) is 4.79 Å². The second kappa shape index (κ2) is 4.53. The lowest BCUT2D eigenvalue weighted by molar-refractivity contribution is -0.143. The lowest BCUT2D eigenvalue weighted by Gasteiger charge is -2.28. The van der Waals surface area contributed by atoms with Gasteiger partial charge >= 0.3 is 5.97 Å². The molecule has 0 fully saturated rings. The standard InChI is InChI=1S/C12H15NO3/c13-6-10(12(14)15)9-5-8-3-1-2-4-11(8)16-7-9/h1-4,9-10H,5-7,13H2,(H,14,15). The lowest BCUT2D eigenvalue weighted by atomic mass is 9.85. The first-order valence-electron chi connectivity index (χ1n) is 5.36. The Kier molecular flexibility index (Phi) is 3.10. The highest BCUT2D eigenvalue weighted by atomic mass is 16.5. The number of ether oxygens (including phenoxy) is 1. The molecule has 4 heteroatoms. The molecule has 0 saturated carbocycles. The molecule has 0 aromatic heterocycles. The van der Waals surface area contributed by atoms with E-state index in [0.29, 0.717) is 6.61 Å². The third kappa shape index (κ3) is 2.02. The molecule has 4 nitrogen and oxygen atoms in total. The van der Waals surface area contributed by atoms with Crippen LogP contribution in [0.3, 0.4) is 0 Å². The number of para-hydroxylation sites is 1. The van der Waals surface area contributed by atoms with E-state index in [2.05, 4.69) is 0 Å². The van der Waals surface area contributed by atoms with Crippen LogP contribution < -0.4 is 10.5 Å². The van der Waals surface area contributed by atoms with E-state index in [-0.39, 0.29) is 12.5 Å². The van der Waals surface area contributed by atoms with Gasteiger partial charge < -0.3 is 15.6 Å². The van der Waals surface area contributed by atoms with Crippen LogP contribution in [0.5, 0.6) is 5.75 Å². The Morgan fingerprint density at radius 2 is 2.31 bits per heavy atom. The average Bonchev–Trinajstić information content (AvgIpc) is 2.29. The Morgan fingerprint density at radius 3 is 3.00 bits per heavy atom. The summed E-state index contributed by atoms with van der Waals surface area (Å²) < 4.78 is 5.55. The van der Waals surface area contributed by atoms with Crippen LogP contribution in [0.4, 0.5) is 0 Å². The van der Waals surface area contributed by atoms with Gasteiger partial charge in [0.2, 0.25) is 0 Å². The maximum atomic E-state index is 11.0. The fraction of sp³-hybridized carbons (Fsp3) is 0.417. The minimum atomic E-state index is -0.838. The molecule has 0 spiro atoms. The molecule has 16 heavy (non-hydrogen) atoms. The van der Waals surface area contributed by atoms with Crippen molar-refractivity contribution in [1.82, 2.24) is 0 Å². The van der Waals surface area contributed by atoms with E-state index in [1.165, 1.54) is 0 Å². The SMILES string of the molecule is NCC(C(=O)O)C1COc2ccccc2C1. The van der Waals surface area contributed by atoms with Crippen LogP contribution in [0.25, 0.3) is 0 Å². The number of carboxylic acid groups (broad SMARTS) is 1. The van der Waals surface area contributed by atoms with Gasteiger partial charge in [-0.2, -0.15) is 0 Å². The van der Waals surface area contributed by atoms with Gasteiger partial charge in [0.05, 0.1) is 12.5 Å². The maximum absolute atomic E-state index is 11.0. The number of carboxylic acids is 1. The first-order chi connectivity index (χ1) is 7.72. The maximum Gasteiger partial charge on any atom is 0.308 e. The predicted molar refractivity (Wildman–Crippen MR) is 59.3 cm³/mol. The molecule has 0 aliphatic carbocycles. The second-order valence-electron chi connectivity index (χ2n) is 4.06. The number of benzene rings is 1. The van der Waals surface area contributed by atoms with Gasteiger partial charge in [0, 0.05) is 12.5 Å². The van der Waals surface area contributed by atoms with Crippen LogP contribution in [0.1, 0.15) is 5.56 Å². The molecular formula is C12H15NO3. The molecule has 1 aliphatic rings. The van der Waals surface area contributed by atoms with Crippen molar-refractivity contribution in [2.45, 2.75) is 6.42 Å². The highest BCUT2D eigenvalue weighted by molar-refractivity contribution is 5.70. The fourth-order valence-electron chi connectivity index (χ4n) is 2.10. The second-order valence-corrected chi connectivity index (χ2v) is 4.06.